The van der Waals surface area contributed by atoms with Crippen LogP contribution in [0.4, 0.5) is 0 Å². The number of thioether (sulfide) groups is 1. The van der Waals surface area contributed by atoms with Gasteiger partial charge in [0, 0.05) is 28.3 Å². The summed E-state index contributed by atoms with van der Waals surface area (Å²) >= 11 is 8.95. The molecule has 3 aromatic rings. The van der Waals surface area contributed by atoms with E-state index in [1.807, 2.05) is 24.3 Å². The molecule has 2 aromatic heterocycles. The molecule has 22 heavy (non-hydrogen) atoms. The second-order valence-corrected chi connectivity index (χ2v) is 6.77. The third-order valence-electron chi connectivity index (χ3n) is 3.02. The first-order valence-electron chi connectivity index (χ1n) is 6.78. The van der Waals surface area contributed by atoms with Crippen molar-refractivity contribution in [2.75, 3.05) is 5.75 Å². The lowest BCUT2D eigenvalue weighted by molar-refractivity contribution is 0.852. The summed E-state index contributed by atoms with van der Waals surface area (Å²) in [5.74, 6) is 1.72. The Morgan fingerprint density at radius 3 is 2.73 bits per heavy atom. The number of nitrogens with zero attached hydrogens (tertiary/aromatic N) is 3. The molecule has 6 heteroatoms. The van der Waals surface area contributed by atoms with E-state index in [0.717, 1.165) is 28.8 Å². The molecule has 0 bridgehead atoms. The van der Waals surface area contributed by atoms with Crippen molar-refractivity contribution in [2.45, 2.75) is 11.6 Å². The molecule has 0 saturated carbocycles. The lowest BCUT2D eigenvalue weighted by atomic mass is 10.3. The summed E-state index contributed by atoms with van der Waals surface area (Å²) in [6, 6.07) is 14.4. The number of hydrogen-bond acceptors (Lipinski definition) is 4. The van der Waals surface area contributed by atoms with E-state index < -0.39 is 0 Å². The SMILES string of the molecule is Cl/C=C/CSc1nnc(Cc2cccs2)n1-c1ccccc1. The van der Waals surface area contributed by atoms with E-state index in [0.29, 0.717) is 0 Å². The fourth-order valence-electron chi connectivity index (χ4n) is 2.07. The van der Waals surface area contributed by atoms with Crippen molar-refractivity contribution in [2.24, 2.45) is 0 Å². The van der Waals surface area contributed by atoms with E-state index >= 15 is 0 Å². The number of aromatic nitrogens is 3. The number of rotatable bonds is 6. The van der Waals surface area contributed by atoms with Gasteiger partial charge in [0.15, 0.2) is 5.16 Å². The third kappa shape index (κ3) is 3.61. The quantitative estimate of drug-likeness (QED) is 0.602. The zero-order valence-electron chi connectivity index (χ0n) is 11.7. The van der Waals surface area contributed by atoms with Gasteiger partial charge in [0.25, 0.3) is 0 Å². The van der Waals surface area contributed by atoms with Gasteiger partial charge < -0.3 is 0 Å². The van der Waals surface area contributed by atoms with Crippen molar-refractivity contribution in [3.8, 4) is 5.69 Å². The van der Waals surface area contributed by atoms with Gasteiger partial charge in [-0.25, -0.2) is 0 Å². The fraction of sp³-hybridized carbons (Fsp3) is 0.125. The highest BCUT2D eigenvalue weighted by Gasteiger charge is 2.14. The van der Waals surface area contributed by atoms with Gasteiger partial charge in [-0.05, 0) is 23.6 Å². The Morgan fingerprint density at radius 1 is 1.14 bits per heavy atom. The van der Waals surface area contributed by atoms with Crippen molar-refractivity contribution in [1.82, 2.24) is 14.8 Å². The van der Waals surface area contributed by atoms with Crippen LogP contribution in [0.5, 0.6) is 0 Å². The molecule has 3 rings (SSSR count). The van der Waals surface area contributed by atoms with Gasteiger partial charge in [0.2, 0.25) is 0 Å². The largest absolute Gasteiger partial charge is 0.274 e. The lowest BCUT2D eigenvalue weighted by Crippen LogP contribution is -2.03. The summed E-state index contributed by atoms with van der Waals surface area (Å²) in [4.78, 5) is 1.28. The van der Waals surface area contributed by atoms with Gasteiger partial charge in [-0.15, -0.1) is 21.5 Å². The minimum Gasteiger partial charge on any atom is -0.274 e. The highest BCUT2D eigenvalue weighted by Crippen LogP contribution is 2.24. The molecule has 3 nitrogen and oxygen atoms in total. The topological polar surface area (TPSA) is 30.7 Å². The number of para-hydroxylation sites is 1. The van der Waals surface area contributed by atoms with Crippen LogP contribution in [0.3, 0.4) is 0 Å². The number of thiophene rings is 1. The number of hydrogen-bond donors (Lipinski definition) is 0. The van der Waals surface area contributed by atoms with Crippen molar-refractivity contribution in [3.05, 3.63) is 70.2 Å². The van der Waals surface area contributed by atoms with Crippen molar-refractivity contribution >= 4 is 34.7 Å². The van der Waals surface area contributed by atoms with Crippen LogP contribution in [-0.4, -0.2) is 20.5 Å². The first-order chi connectivity index (χ1) is 10.9. The summed E-state index contributed by atoms with van der Waals surface area (Å²) < 4.78 is 2.12. The highest BCUT2D eigenvalue weighted by molar-refractivity contribution is 7.99. The van der Waals surface area contributed by atoms with Gasteiger partial charge in [-0.1, -0.05) is 53.7 Å². The van der Waals surface area contributed by atoms with Gasteiger partial charge in [-0.3, -0.25) is 4.57 Å². The third-order valence-corrected chi connectivity index (χ3v) is 4.96. The molecule has 0 fully saturated rings. The van der Waals surface area contributed by atoms with E-state index in [-0.39, 0.29) is 0 Å². The molecule has 0 aliphatic heterocycles. The molecule has 0 saturated heterocycles. The van der Waals surface area contributed by atoms with Crippen LogP contribution in [-0.2, 0) is 6.42 Å². The van der Waals surface area contributed by atoms with Crippen LogP contribution in [0.1, 0.15) is 10.7 Å². The van der Waals surface area contributed by atoms with E-state index in [4.69, 9.17) is 11.6 Å². The first kappa shape index (κ1) is 15.3. The molecule has 0 aliphatic carbocycles. The molecule has 0 aliphatic rings. The summed E-state index contributed by atoms with van der Waals surface area (Å²) in [7, 11) is 0. The Labute approximate surface area is 142 Å². The zero-order valence-corrected chi connectivity index (χ0v) is 14.1. The first-order valence-corrected chi connectivity index (χ1v) is 9.09. The molecule has 1 aromatic carbocycles. The Hall–Kier alpha value is -1.56. The second kappa shape index (κ2) is 7.63. The van der Waals surface area contributed by atoms with E-state index in [2.05, 4.69) is 44.4 Å². The lowest BCUT2D eigenvalue weighted by Gasteiger charge is -2.09. The van der Waals surface area contributed by atoms with Gasteiger partial charge in [-0.2, -0.15) is 0 Å². The van der Waals surface area contributed by atoms with Crippen LogP contribution in [0.25, 0.3) is 5.69 Å². The van der Waals surface area contributed by atoms with E-state index in [1.54, 1.807) is 23.1 Å². The molecule has 0 radical (unpaired) electrons. The van der Waals surface area contributed by atoms with Gasteiger partial charge >= 0.3 is 0 Å². The average Bonchev–Trinajstić information content (AvgIpc) is 3.19. The van der Waals surface area contributed by atoms with Gasteiger partial charge in [0.1, 0.15) is 5.82 Å². The van der Waals surface area contributed by atoms with E-state index in [9.17, 15) is 0 Å². The molecule has 0 N–H and O–H groups in total. The Morgan fingerprint density at radius 2 is 2.00 bits per heavy atom. The van der Waals surface area contributed by atoms with Crippen LogP contribution in [0, 0.1) is 0 Å². The average molecular weight is 348 g/mol. The van der Waals surface area contributed by atoms with Crippen molar-refractivity contribution < 1.29 is 0 Å². The van der Waals surface area contributed by atoms with Crippen LogP contribution in [0.15, 0.2) is 64.6 Å². The molecule has 0 atom stereocenters. The molecule has 112 valence electrons. The highest BCUT2D eigenvalue weighted by atomic mass is 35.5. The predicted molar refractivity (Wildman–Crippen MR) is 94.2 cm³/mol. The fourth-order valence-corrected chi connectivity index (χ4v) is 3.75. The molecular weight excluding hydrogens is 334 g/mol. The molecule has 0 amide bonds. The molecule has 2 heterocycles. The summed E-state index contributed by atoms with van der Waals surface area (Å²) in [6.07, 6.45) is 2.68. The summed E-state index contributed by atoms with van der Waals surface area (Å²) in [6.45, 7) is 0. The van der Waals surface area contributed by atoms with E-state index in [1.165, 1.54) is 10.4 Å². The van der Waals surface area contributed by atoms with Crippen LogP contribution in [0.2, 0.25) is 0 Å². The van der Waals surface area contributed by atoms with Crippen molar-refractivity contribution in [3.63, 3.8) is 0 Å². The maximum Gasteiger partial charge on any atom is 0.196 e. The maximum atomic E-state index is 5.59. The normalized spacial score (nSPS) is 11.3. The van der Waals surface area contributed by atoms with Crippen LogP contribution >= 0.6 is 34.7 Å². The zero-order chi connectivity index (χ0) is 15.2. The number of halogens is 1. The second-order valence-electron chi connectivity index (χ2n) is 4.50. The number of benzene rings is 1. The Bertz CT molecular complexity index is 736. The summed E-state index contributed by atoms with van der Waals surface area (Å²) in [5, 5.41) is 11.7. The molecule has 0 spiro atoms. The van der Waals surface area contributed by atoms with Gasteiger partial charge in [0.05, 0.1) is 0 Å². The Balaban J connectivity index is 1.95. The maximum absolute atomic E-state index is 5.59. The monoisotopic (exact) mass is 347 g/mol. The molecular formula is C16H14ClN3S2. The summed E-state index contributed by atoms with van der Waals surface area (Å²) in [5.41, 5.74) is 2.61. The predicted octanol–water partition coefficient (Wildman–Crippen LogP) is 4.76. The minimum atomic E-state index is 0.771. The van der Waals surface area contributed by atoms with Crippen LogP contribution < -0.4 is 0 Å². The standard InChI is InChI=1S/C16H14ClN3S2/c17-9-5-11-22-16-19-18-15(12-14-8-4-10-21-14)20(16)13-6-2-1-3-7-13/h1-10H,11-12H2/b9-5+. The molecule has 0 unspecified atom stereocenters. The van der Waals surface area contributed by atoms with Crippen molar-refractivity contribution in [1.29, 1.82) is 0 Å². The Kier molecular flexibility index (Phi) is 5.32. The smallest absolute Gasteiger partial charge is 0.196 e. The minimum absolute atomic E-state index is 0.771.